The summed E-state index contributed by atoms with van der Waals surface area (Å²) in [4.78, 5) is 17.4. The lowest BCUT2D eigenvalue weighted by atomic mass is 9.79. The molecule has 1 amide bonds. The lowest BCUT2D eigenvalue weighted by Crippen LogP contribution is -2.60. The quantitative estimate of drug-likeness (QED) is 0.598. The molecule has 2 saturated heterocycles. The van der Waals surface area contributed by atoms with Gasteiger partial charge < -0.3 is 10.1 Å². The average Bonchev–Trinajstić information content (AvgIpc) is 2.88. The maximum Gasteiger partial charge on any atom is 0.236 e. The number of rotatable bonds is 8. The molecule has 0 radical (unpaired) electrons. The SMILES string of the molecule is O=C(CN1CCN(S(=O)(=O)C=Cc2ccccc2)CC1)NCC1(N2CCOCC2)CCCCC1. The molecule has 2 heterocycles. The second-order valence-electron chi connectivity index (χ2n) is 9.59. The number of hydrogen-bond acceptors (Lipinski definition) is 6. The van der Waals surface area contributed by atoms with E-state index >= 15 is 0 Å². The van der Waals surface area contributed by atoms with Gasteiger partial charge in [-0.3, -0.25) is 14.6 Å². The average molecular weight is 491 g/mol. The third-order valence-electron chi connectivity index (χ3n) is 7.37. The van der Waals surface area contributed by atoms with Crippen LogP contribution in [-0.2, 0) is 19.6 Å². The van der Waals surface area contributed by atoms with E-state index in [2.05, 4.69) is 10.2 Å². The van der Waals surface area contributed by atoms with Gasteiger partial charge in [0.1, 0.15) is 0 Å². The van der Waals surface area contributed by atoms with E-state index in [1.54, 1.807) is 6.08 Å². The van der Waals surface area contributed by atoms with Crippen LogP contribution in [0, 0.1) is 0 Å². The summed E-state index contributed by atoms with van der Waals surface area (Å²) in [7, 11) is -3.47. The molecule has 0 atom stereocenters. The summed E-state index contributed by atoms with van der Waals surface area (Å²) in [6.07, 6.45) is 7.57. The van der Waals surface area contributed by atoms with Crippen molar-refractivity contribution in [1.29, 1.82) is 0 Å². The fourth-order valence-corrected chi connectivity index (χ4v) is 6.50. The Balaban J connectivity index is 1.24. The minimum Gasteiger partial charge on any atom is -0.379 e. The van der Waals surface area contributed by atoms with Crippen molar-refractivity contribution in [2.24, 2.45) is 0 Å². The molecule has 1 N–H and O–H groups in total. The Labute approximate surface area is 204 Å². The second kappa shape index (κ2) is 11.8. The van der Waals surface area contributed by atoms with E-state index in [4.69, 9.17) is 4.74 Å². The Morgan fingerprint density at radius 3 is 2.32 bits per heavy atom. The van der Waals surface area contributed by atoms with E-state index in [1.807, 2.05) is 35.2 Å². The Morgan fingerprint density at radius 2 is 1.65 bits per heavy atom. The van der Waals surface area contributed by atoms with Crippen molar-refractivity contribution in [3.63, 3.8) is 0 Å². The minimum absolute atomic E-state index is 0.0264. The molecule has 9 heteroatoms. The number of nitrogens with one attached hydrogen (secondary N) is 1. The van der Waals surface area contributed by atoms with Gasteiger partial charge in [-0.25, -0.2) is 8.42 Å². The summed E-state index contributed by atoms with van der Waals surface area (Å²) in [5.41, 5.74) is 0.907. The zero-order valence-corrected chi connectivity index (χ0v) is 20.8. The number of ether oxygens (including phenoxy) is 1. The van der Waals surface area contributed by atoms with Crippen LogP contribution < -0.4 is 5.32 Å². The molecular formula is C25H38N4O4S. The maximum absolute atomic E-state index is 12.8. The largest absolute Gasteiger partial charge is 0.379 e. The van der Waals surface area contributed by atoms with Crippen LogP contribution in [0.2, 0.25) is 0 Å². The molecule has 8 nitrogen and oxygen atoms in total. The first-order chi connectivity index (χ1) is 16.5. The molecule has 3 fully saturated rings. The van der Waals surface area contributed by atoms with Gasteiger partial charge in [0, 0.05) is 56.8 Å². The molecule has 1 aromatic rings. The monoisotopic (exact) mass is 490 g/mol. The summed E-state index contributed by atoms with van der Waals surface area (Å²) in [6.45, 7) is 6.31. The van der Waals surface area contributed by atoms with Crippen molar-refractivity contribution < 1.29 is 17.9 Å². The smallest absolute Gasteiger partial charge is 0.236 e. The first kappa shape index (κ1) is 25.3. The zero-order chi connectivity index (χ0) is 23.9. The summed E-state index contributed by atoms with van der Waals surface area (Å²) >= 11 is 0. The van der Waals surface area contributed by atoms with Crippen molar-refractivity contribution >= 4 is 22.0 Å². The Kier molecular flexibility index (Phi) is 8.76. The number of amides is 1. The zero-order valence-electron chi connectivity index (χ0n) is 20.0. The molecule has 1 saturated carbocycles. The highest BCUT2D eigenvalue weighted by atomic mass is 32.2. The predicted octanol–water partition coefficient (Wildman–Crippen LogP) is 1.76. The maximum atomic E-state index is 12.8. The number of piperazine rings is 1. The number of sulfonamides is 1. The first-order valence-electron chi connectivity index (χ1n) is 12.5. The van der Waals surface area contributed by atoms with Crippen molar-refractivity contribution in [2.45, 2.75) is 37.6 Å². The highest BCUT2D eigenvalue weighted by molar-refractivity contribution is 7.92. The molecule has 2 aliphatic heterocycles. The lowest BCUT2D eigenvalue weighted by Gasteiger charge is -2.48. The Morgan fingerprint density at radius 1 is 0.971 bits per heavy atom. The van der Waals surface area contributed by atoms with Crippen molar-refractivity contribution in [2.75, 3.05) is 65.6 Å². The number of morpholine rings is 1. The van der Waals surface area contributed by atoms with Crippen LogP contribution in [0.15, 0.2) is 35.7 Å². The Hall–Kier alpha value is -1.78. The predicted molar refractivity (Wildman–Crippen MR) is 134 cm³/mol. The van der Waals surface area contributed by atoms with Crippen molar-refractivity contribution in [3.8, 4) is 0 Å². The molecule has 0 unspecified atom stereocenters. The second-order valence-corrected chi connectivity index (χ2v) is 11.4. The topological polar surface area (TPSA) is 82.2 Å². The number of carbonyl (C=O) groups excluding carboxylic acids is 1. The van der Waals surface area contributed by atoms with E-state index in [0.717, 1.165) is 44.7 Å². The van der Waals surface area contributed by atoms with Crippen LogP contribution in [0.1, 0.15) is 37.7 Å². The van der Waals surface area contributed by atoms with Gasteiger partial charge in [-0.05, 0) is 24.5 Å². The molecule has 1 aromatic carbocycles. The third-order valence-corrected chi connectivity index (χ3v) is 8.94. The molecule has 34 heavy (non-hydrogen) atoms. The third kappa shape index (κ3) is 6.66. The van der Waals surface area contributed by atoms with Crippen molar-refractivity contribution in [1.82, 2.24) is 19.4 Å². The molecule has 4 rings (SSSR count). The summed E-state index contributed by atoms with van der Waals surface area (Å²) in [6, 6.07) is 9.41. The molecule has 3 aliphatic rings. The van der Waals surface area contributed by atoms with Gasteiger partial charge in [-0.1, -0.05) is 49.6 Å². The van der Waals surface area contributed by atoms with Crippen LogP contribution in [0.5, 0.6) is 0 Å². The molecule has 0 spiro atoms. The van der Waals surface area contributed by atoms with Crippen LogP contribution in [0.4, 0.5) is 0 Å². The number of hydrogen-bond donors (Lipinski definition) is 1. The standard InChI is InChI=1S/C25H38N4O4S/c30-24(26-22-25(10-5-2-6-11-25)28-16-18-33-19-17-28)21-27-12-14-29(15-13-27)34(31,32)20-9-23-7-3-1-4-8-23/h1,3-4,7-9,20H,2,5-6,10-19,21-22H2,(H,26,30). The van der Waals surface area contributed by atoms with E-state index < -0.39 is 10.0 Å². The normalized spacial score (nSPS) is 23.2. The first-order valence-corrected chi connectivity index (χ1v) is 14.0. The number of carbonyl (C=O) groups is 1. The van der Waals surface area contributed by atoms with Gasteiger partial charge in [-0.2, -0.15) is 4.31 Å². The fraction of sp³-hybridized carbons (Fsp3) is 0.640. The minimum atomic E-state index is -3.47. The summed E-state index contributed by atoms with van der Waals surface area (Å²) in [5.74, 6) is 0.0264. The van der Waals surface area contributed by atoms with Gasteiger partial charge in [0.05, 0.1) is 19.8 Å². The lowest BCUT2D eigenvalue weighted by molar-refractivity contribution is -0.123. The Bertz CT molecular complexity index is 917. The highest BCUT2D eigenvalue weighted by Gasteiger charge is 2.39. The molecule has 188 valence electrons. The van der Waals surface area contributed by atoms with Crippen LogP contribution in [0.25, 0.3) is 6.08 Å². The van der Waals surface area contributed by atoms with E-state index in [0.29, 0.717) is 39.3 Å². The van der Waals surface area contributed by atoms with Crippen molar-refractivity contribution in [3.05, 3.63) is 41.3 Å². The highest BCUT2D eigenvalue weighted by Crippen LogP contribution is 2.33. The molecular weight excluding hydrogens is 452 g/mol. The van der Waals surface area contributed by atoms with E-state index in [1.165, 1.54) is 29.0 Å². The van der Waals surface area contributed by atoms with Gasteiger partial charge in [0.2, 0.25) is 15.9 Å². The fourth-order valence-electron chi connectivity index (χ4n) is 5.33. The van der Waals surface area contributed by atoms with Gasteiger partial charge >= 0.3 is 0 Å². The van der Waals surface area contributed by atoms with Gasteiger partial charge in [-0.15, -0.1) is 0 Å². The van der Waals surface area contributed by atoms with E-state index in [-0.39, 0.29) is 11.4 Å². The summed E-state index contributed by atoms with van der Waals surface area (Å²) in [5, 5.41) is 4.49. The molecule has 0 aromatic heterocycles. The summed E-state index contributed by atoms with van der Waals surface area (Å²) < 4.78 is 32.4. The van der Waals surface area contributed by atoms with E-state index in [9.17, 15) is 13.2 Å². The number of benzene rings is 1. The molecule has 1 aliphatic carbocycles. The van der Waals surface area contributed by atoms with Gasteiger partial charge in [0.15, 0.2) is 0 Å². The van der Waals surface area contributed by atoms with Crippen LogP contribution in [0.3, 0.4) is 0 Å². The van der Waals surface area contributed by atoms with Crippen LogP contribution in [-0.4, -0.2) is 99.5 Å². The molecule has 0 bridgehead atoms. The van der Waals surface area contributed by atoms with Crippen LogP contribution >= 0.6 is 0 Å². The van der Waals surface area contributed by atoms with Gasteiger partial charge in [0.25, 0.3) is 0 Å². The number of nitrogens with zero attached hydrogens (tertiary/aromatic N) is 3.